The second kappa shape index (κ2) is 7.56. The van der Waals surface area contributed by atoms with E-state index >= 15 is 0 Å². The zero-order valence-corrected chi connectivity index (χ0v) is 13.3. The average Bonchev–Trinajstić information content (AvgIpc) is 2.53. The second-order valence-electron chi connectivity index (χ2n) is 4.21. The first kappa shape index (κ1) is 16.0. The number of amides is 1. The lowest BCUT2D eigenvalue weighted by Gasteiger charge is -2.08. The Labute approximate surface area is 135 Å². The summed E-state index contributed by atoms with van der Waals surface area (Å²) < 4.78 is 9.96. The highest BCUT2D eigenvalue weighted by Gasteiger charge is 2.13. The maximum atomic E-state index is 11.7. The molecule has 1 amide bonds. The van der Waals surface area contributed by atoms with Crippen molar-refractivity contribution in [2.45, 2.75) is 6.61 Å². The number of nitrogens with zero attached hydrogens (tertiary/aromatic N) is 1. The number of nitrogens with one attached hydrogen (secondary N) is 1. The maximum absolute atomic E-state index is 11.7. The summed E-state index contributed by atoms with van der Waals surface area (Å²) in [5, 5.41) is 2.48. The Balaban J connectivity index is 1.94. The van der Waals surface area contributed by atoms with Crippen molar-refractivity contribution in [1.82, 2.24) is 4.98 Å². The molecule has 0 saturated heterocycles. The molecule has 0 aliphatic carbocycles. The van der Waals surface area contributed by atoms with Crippen LogP contribution in [0, 0.1) is 0 Å². The van der Waals surface area contributed by atoms with Crippen LogP contribution in [0.3, 0.4) is 0 Å². The first-order valence-corrected chi connectivity index (χ1v) is 7.12. The Bertz CT molecular complexity index is 676. The van der Waals surface area contributed by atoms with Gasteiger partial charge in [0.05, 0.1) is 12.7 Å². The van der Waals surface area contributed by atoms with E-state index < -0.39 is 12.1 Å². The van der Waals surface area contributed by atoms with Crippen molar-refractivity contribution in [2.24, 2.45) is 0 Å². The molecule has 2 rings (SSSR count). The third-order valence-electron chi connectivity index (χ3n) is 2.70. The zero-order chi connectivity index (χ0) is 15.9. The van der Waals surface area contributed by atoms with Crippen LogP contribution in [0.2, 0.25) is 0 Å². The van der Waals surface area contributed by atoms with Gasteiger partial charge in [-0.25, -0.2) is 14.6 Å². The minimum atomic E-state index is -0.630. The van der Waals surface area contributed by atoms with Gasteiger partial charge in [0.25, 0.3) is 0 Å². The monoisotopic (exact) mass is 364 g/mol. The number of hydrogen-bond donors (Lipinski definition) is 1. The lowest BCUT2D eigenvalue weighted by Crippen LogP contribution is -2.15. The van der Waals surface area contributed by atoms with E-state index in [9.17, 15) is 9.59 Å². The highest BCUT2D eigenvalue weighted by molar-refractivity contribution is 9.10. The predicted molar refractivity (Wildman–Crippen MR) is 83.5 cm³/mol. The van der Waals surface area contributed by atoms with Crippen molar-refractivity contribution >= 4 is 33.8 Å². The van der Waals surface area contributed by atoms with Gasteiger partial charge in [-0.1, -0.05) is 30.3 Å². The number of carbonyl (C=O) groups is 2. The second-order valence-corrected chi connectivity index (χ2v) is 4.96. The number of methoxy groups -OCH3 is 1. The van der Waals surface area contributed by atoms with E-state index in [1.807, 2.05) is 30.3 Å². The number of ether oxygens (including phenoxy) is 2. The van der Waals surface area contributed by atoms with Crippen molar-refractivity contribution < 1.29 is 19.1 Å². The minimum absolute atomic E-state index is 0.161. The normalized spacial score (nSPS) is 9.91. The molecule has 2 aromatic rings. The first-order valence-electron chi connectivity index (χ1n) is 6.32. The molecule has 1 N–H and O–H groups in total. The zero-order valence-electron chi connectivity index (χ0n) is 11.7. The van der Waals surface area contributed by atoms with Crippen molar-refractivity contribution in [3.05, 3.63) is 58.2 Å². The average molecular weight is 365 g/mol. The fourth-order valence-corrected chi connectivity index (χ4v) is 2.11. The molecule has 0 aliphatic rings. The molecule has 114 valence electrons. The Hall–Kier alpha value is -2.41. The molecule has 7 heteroatoms. The van der Waals surface area contributed by atoms with Crippen LogP contribution < -0.4 is 5.32 Å². The summed E-state index contributed by atoms with van der Waals surface area (Å²) in [6.07, 6.45) is -0.630. The fraction of sp³-hybridized carbons (Fsp3) is 0.133. The van der Waals surface area contributed by atoms with Crippen molar-refractivity contribution in [2.75, 3.05) is 12.4 Å². The van der Waals surface area contributed by atoms with E-state index in [1.54, 1.807) is 0 Å². The molecule has 0 unspecified atom stereocenters. The molecule has 1 heterocycles. The third kappa shape index (κ3) is 4.29. The van der Waals surface area contributed by atoms with E-state index in [4.69, 9.17) is 4.74 Å². The van der Waals surface area contributed by atoms with Gasteiger partial charge >= 0.3 is 12.1 Å². The third-order valence-corrected chi connectivity index (χ3v) is 3.30. The summed E-state index contributed by atoms with van der Waals surface area (Å²) in [5.74, 6) is -0.254. The molecule has 22 heavy (non-hydrogen) atoms. The fourth-order valence-electron chi connectivity index (χ4n) is 1.63. The summed E-state index contributed by atoms with van der Waals surface area (Å²) in [6.45, 7) is 0.161. The molecular weight excluding hydrogens is 352 g/mol. The van der Waals surface area contributed by atoms with Gasteiger partial charge in [-0.2, -0.15) is 0 Å². The SMILES string of the molecule is COC(=O)c1ccc(NC(=O)OCc2ccccc2)nc1Br. The molecule has 0 bridgehead atoms. The lowest BCUT2D eigenvalue weighted by atomic mass is 10.2. The van der Waals surface area contributed by atoms with Gasteiger partial charge in [-0.05, 0) is 33.6 Å². The van der Waals surface area contributed by atoms with Crippen LogP contribution in [-0.4, -0.2) is 24.2 Å². The molecule has 0 spiro atoms. The van der Waals surface area contributed by atoms with Crippen molar-refractivity contribution in [3.8, 4) is 0 Å². The Morgan fingerprint density at radius 1 is 1.18 bits per heavy atom. The van der Waals surface area contributed by atoms with Gasteiger partial charge < -0.3 is 9.47 Å². The number of halogens is 1. The molecule has 0 fully saturated rings. The quantitative estimate of drug-likeness (QED) is 0.664. The van der Waals surface area contributed by atoms with Gasteiger partial charge in [0.1, 0.15) is 17.0 Å². The highest BCUT2D eigenvalue weighted by atomic mass is 79.9. The van der Waals surface area contributed by atoms with Crippen LogP contribution in [0.15, 0.2) is 47.1 Å². The van der Waals surface area contributed by atoms with Crippen LogP contribution in [0.5, 0.6) is 0 Å². The van der Waals surface area contributed by atoms with E-state index in [2.05, 4.69) is 31.0 Å². The van der Waals surface area contributed by atoms with E-state index in [0.717, 1.165) is 5.56 Å². The Kier molecular flexibility index (Phi) is 5.48. The Morgan fingerprint density at radius 2 is 1.91 bits per heavy atom. The number of anilines is 1. The van der Waals surface area contributed by atoms with Crippen LogP contribution >= 0.6 is 15.9 Å². The highest BCUT2D eigenvalue weighted by Crippen LogP contribution is 2.18. The summed E-state index contributed by atoms with van der Waals surface area (Å²) in [5.41, 5.74) is 1.15. The predicted octanol–water partition coefficient (Wildman–Crippen LogP) is 3.38. The van der Waals surface area contributed by atoms with Gasteiger partial charge in [0.15, 0.2) is 0 Å². The molecule has 6 nitrogen and oxygen atoms in total. The topological polar surface area (TPSA) is 77.5 Å². The summed E-state index contributed by atoms with van der Waals surface area (Å²) in [4.78, 5) is 27.2. The summed E-state index contributed by atoms with van der Waals surface area (Å²) in [6, 6.07) is 12.3. The van der Waals surface area contributed by atoms with E-state index in [-0.39, 0.29) is 22.6 Å². The van der Waals surface area contributed by atoms with Crippen LogP contribution in [0.1, 0.15) is 15.9 Å². The molecule has 0 atom stereocenters. The molecule has 0 radical (unpaired) electrons. The van der Waals surface area contributed by atoms with E-state index in [0.29, 0.717) is 0 Å². The maximum Gasteiger partial charge on any atom is 0.413 e. The van der Waals surface area contributed by atoms with Gasteiger partial charge in [0, 0.05) is 0 Å². The Morgan fingerprint density at radius 3 is 2.55 bits per heavy atom. The standard InChI is InChI=1S/C15H13BrN2O4/c1-21-14(19)11-7-8-12(17-13(11)16)18-15(20)22-9-10-5-3-2-4-6-10/h2-8H,9H2,1H3,(H,17,18,20). The van der Waals surface area contributed by atoms with Crippen LogP contribution in [-0.2, 0) is 16.1 Å². The largest absolute Gasteiger partial charge is 0.465 e. The number of benzene rings is 1. The number of hydrogen-bond acceptors (Lipinski definition) is 5. The number of carbonyl (C=O) groups excluding carboxylic acids is 2. The summed E-state index contributed by atoms with van der Waals surface area (Å²) in [7, 11) is 1.28. The molecule has 1 aromatic heterocycles. The number of esters is 1. The number of pyridine rings is 1. The van der Waals surface area contributed by atoms with Gasteiger partial charge in [-0.15, -0.1) is 0 Å². The minimum Gasteiger partial charge on any atom is -0.465 e. The van der Waals surface area contributed by atoms with E-state index in [1.165, 1.54) is 19.2 Å². The molecule has 0 aliphatic heterocycles. The van der Waals surface area contributed by atoms with Gasteiger partial charge in [0.2, 0.25) is 0 Å². The molecule has 1 aromatic carbocycles. The van der Waals surface area contributed by atoms with Gasteiger partial charge in [-0.3, -0.25) is 5.32 Å². The van der Waals surface area contributed by atoms with Crippen molar-refractivity contribution in [1.29, 1.82) is 0 Å². The van der Waals surface area contributed by atoms with Crippen LogP contribution in [0.25, 0.3) is 0 Å². The first-order chi connectivity index (χ1) is 10.6. The van der Waals surface area contributed by atoms with Crippen molar-refractivity contribution in [3.63, 3.8) is 0 Å². The smallest absolute Gasteiger partial charge is 0.413 e. The van der Waals surface area contributed by atoms with Crippen LogP contribution in [0.4, 0.5) is 10.6 Å². The number of aromatic nitrogens is 1. The number of rotatable bonds is 4. The molecule has 0 saturated carbocycles. The summed E-state index contributed by atoms with van der Waals surface area (Å²) >= 11 is 3.15. The lowest BCUT2D eigenvalue weighted by molar-refractivity contribution is 0.0599. The molecular formula is C15H13BrN2O4.